The number of thioether (sulfide) groups is 1. The molecule has 0 spiro atoms. The molecule has 1 aliphatic carbocycles. The third-order valence-electron chi connectivity index (χ3n) is 4.04. The fourth-order valence-corrected chi connectivity index (χ4v) is 5.19. The molecule has 0 bridgehead atoms. The monoisotopic (exact) mass is 330 g/mol. The highest BCUT2D eigenvalue weighted by Crippen LogP contribution is 2.38. The first-order valence-electron chi connectivity index (χ1n) is 7.58. The molecule has 114 valence electrons. The van der Waals surface area contributed by atoms with Gasteiger partial charge >= 0.3 is 0 Å². The first kappa shape index (κ1) is 14.2. The average molecular weight is 330 g/mol. The van der Waals surface area contributed by atoms with Crippen molar-refractivity contribution in [3.05, 3.63) is 28.4 Å². The lowest BCUT2D eigenvalue weighted by atomic mass is 9.97. The Bertz CT molecular complexity index is 891. The zero-order chi connectivity index (χ0) is 15.3. The van der Waals surface area contributed by atoms with Crippen LogP contribution in [0, 0.1) is 6.92 Å². The van der Waals surface area contributed by atoms with Gasteiger partial charge in [-0.25, -0.2) is 4.98 Å². The van der Waals surface area contributed by atoms with Crippen LogP contribution in [0.1, 0.15) is 36.0 Å². The number of fused-ring (bicyclic) bond motifs is 5. The van der Waals surface area contributed by atoms with Gasteiger partial charge in [0.15, 0.2) is 10.8 Å². The molecule has 0 unspecified atom stereocenters. The van der Waals surface area contributed by atoms with Crippen LogP contribution in [0.5, 0.6) is 0 Å². The molecular weight excluding hydrogens is 312 g/mol. The van der Waals surface area contributed by atoms with E-state index in [4.69, 9.17) is 4.98 Å². The summed E-state index contributed by atoms with van der Waals surface area (Å²) in [6.45, 7) is 8.04. The lowest BCUT2D eigenvalue weighted by Crippen LogP contribution is -2.01. The average Bonchev–Trinajstić information content (AvgIpc) is 3.05. The Hall–Kier alpha value is -1.40. The summed E-state index contributed by atoms with van der Waals surface area (Å²) >= 11 is 3.52. The summed E-state index contributed by atoms with van der Waals surface area (Å²) in [5.41, 5.74) is 3.58. The van der Waals surface area contributed by atoms with E-state index in [1.807, 2.05) is 25.2 Å². The second-order valence-corrected chi connectivity index (χ2v) is 7.96. The zero-order valence-corrected chi connectivity index (χ0v) is 14.5. The van der Waals surface area contributed by atoms with Gasteiger partial charge in [-0.15, -0.1) is 21.5 Å². The smallest absolute Gasteiger partial charge is 0.197 e. The molecule has 3 aromatic heterocycles. The summed E-state index contributed by atoms with van der Waals surface area (Å²) < 4.78 is 2.11. The molecular formula is C16H18N4S2. The molecule has 0 N–H and O–H groups in total. The summed E-state index contributed by atoms with van der Waals surface area (Å²) in [7, 11) is 0. The van der Waals surface area contributed by atoms with E-state index in [1.54, 1.807) is 11.8 Å². The van der Waals surface area contributed by atoms with Gasteiger partial charge in [-0.1, -0.05) is 23.9 Å². The minimum atomic E-state index is 0.861. The Morgan fingerprint density at radius 2 is 2.14 bits per heavy atom. The van der Waals surface area contributed by atoms with Crippen LogP contribution in [0.15, 0.2) is 17.3 Å². The van der Waals surface area contributed by atoms with Crippen molar-refractivity contribution in [1.82, 2.24) is 19.6 Å². The highest BCUT2D eigenvalue weighted by molar-refractivity contribution is 7.99. The molecule has 3 aromatic rings. The van der Waals surface area contributed by atoms with E-state index in [2.05, 4.69) is 21.2 Å². The first-order chi connectivity index (χ1) is 10.6. The van der Waals surface area contributed by atoms with Gasteiger partial charge in [0.25, 0.3) is 0 Å². The Morgan fingerprint density at radius 1 is 1.32 bits per heavy atom. The van der Waals surface area contributed by atoms with E-state index < -0.39 is 0 Å². The van der Waals surface area contributed by atoms with Crippen molar-refractivity contribution in [2.75, 3.05) is 5.75 Å². The highest BCUT2D eigenvalue weighted by Gasteiger charge is 2.22. The maximum atomic E-state index is 4.83. The number of aryl methyl sites for hydroxylation is 3. The van der Waals surface area contributed by atoms with Crippen LogP contribution in [0.2, 0.25) is 0 Å². The van der Waals surface area contributed by atoms with Gasteiger partial charge in [0.2, 0.25) is 0 Å². The maximum absolute atomic E-state index is 4.83. The fraction of sp³-hybridized carbons (Fsp3) is 0.438. The summed E-state index contributed by atoms with van der Waals surface area (Å²) in [6.07, 6.45) is 4.90. The Morgan fingerprint density at radius 3 is 2.95 bits per heavy atom. The lowest BCUT2D eigenvalue weighted by molar-refractivity contribution is 0.700. The Kier molecular flexibility index (Phi) is 3.46. The SMILES string of the molecule is C=C(C)CSc1nnc2c3c4c(sc3nc(C)n12)CCCC4. The van der Waals surface area contributed by atoms with Gasteiger partial charge in [0.1, 0.15) is 10.7 Å². The van der Waals surface area contributed by atoms with Crippen molar-refractivity contribution in [2.45, 2.75) is 44.7 Å². The molecule has 6 heteroatoms. The second-order valence-electron chi connectivity index (χ2n) is 5.94. The number of nitrogens with zero attached hydrogens (tertiary/aromatic N) is 4. The van der Waals surface area contributed by atoms with Crippen molar-refractivity contribution < 1.29 is 0 Å². The van der Waals surface area contributed by atoms with Crippen molar-refractivity contribution in [1.29, 1.82) is 0 Å². The Balaban J connectivity index is 1.95. The number of thiophene rings is 1. The molecule has 3 heterocycles. The normalized spacial score (nSPS) is 14.6. The standard InChI is InChI=1S/C16H18N4S2/c1-9(2)8-21-16-19-18-14-13-11-6-4-5-7-12(11)22-15(13)17-10(3)20(14)16/h1,4-8H2,2-3H3. The predicted molar refractivity (Wildman–Crippen MR) is 93.1 cm³/mol. The summed E-state index contributed by atoms with van der Waals surface area (Å²) in [5, 5.41) is 11.1. The third kappa shape index (κ3) is 2.16. The number of aromatic nitrogens is 4. The molecule has 0 radical (unpaired) electrons. The van der Waals surface area contributed by atoms with E-state index in [0.717, 1.165) is 39.2 Å². The van der Waals surface area contributed by atoms with Crippen molar-refractivity contribution in [2.24, 2.45) is 0 Å². The number of hydrogen-bond acceptors (Lipinski definition) is 5. The topological polar surface area (TPSA) is 43.1 Å². The van der Waals surface area contributed by atoms with Gasteiger partial charge in [0.05, 0.1) is 5.39 Å². The lowest BCUT2D eigenvalue weighted by Gasteiger charge is -2.10. The molecule has 0 saturated carbocycles. The van der Waals surface area contributed by atoms with Crippen molar-refractivity contribution in [3.63, 3.8) is 0 Å². The second kappa shape index (κ2) is 5.35. The van der Waals surface area contributed by atoms with E-state index >= 15 is 0 Å². The van der Waals surface area contributed by atoms with E-state index in [1.165, 1.54) is 35.1 Å². The summed E-state index contributed by atoms with van der Waals surface area (Å²) in [6, 6.07) is 0. The molecule has 22 heavy (non-hydrogen) atoms. The predicted octanol–water partition coefficient (Wildman–Crippen LogP) is 4.19. The molecule has 0 aromatic carbocycles. The van der Waals surface area contributed by atoms with Crippen LogP contribution < -0.4 is 0 Å². The van der Waals surface area contributed by atoms with Gasteiger partial charge in [-0.2, -0.15) is 0 Å². The largest absolute Gasteiger partial charge is 0.257 e. The van der Waals surface area contributed by atoms with Crippen molar-refractivity contribution in [3.8, 4) is 0 Å². The summed E-state index contributed by atoms with van der Waals surface area (Å²) in [5.74, 6) is 1.83. The van der Waals surface area contributed by atoms with E-state index in [0.29, 0.717) is 0 Å². The first-order valence-corrected chi connectivity index (χ1v) is 9.38. The van der Waals surface area contributed by atoms with Crippen molar-refractivity contribution >= 4 is 39.0 Å². The molecule has 1 aliphatic rings. The van der Waals surface area contributed by atoms with Crippen LogP contribution in [-0.2, 0) is 12.8 Å². The summed E-state index contributed by atoms with van der Waals surface area (Å²) in [4.78, 5) is 7.46. The molecule has 0 amide bonds. The minimum Gasteiger partial charge on any atom is -0.257 e. The van der Waals surface area contributed by atoms with E-state index in [-0.39, 0.29) is 0 Å². The van der Waals surface area contributed by atoms with Crippen LogP contribution in [-0.4, -0.2) is 25.3 Å². The van der Waals surface area contributed by atoms with Gasteiger partial charge in [0, 0.05) is 10.6 Å². The third-order valence-corrected chi connectivity index (χ3v) is 6.39. The van der Waals surface area contributed by atoms with Gasteiger partial charge in [-0.05, 0) is 45.1 Å². The molecule has 4 rings (SSSR count). The Labute approximate surface area is 137 Å². The van der Waals surface area contributed by atoms with Gasteiger partial charge < -0.3 is 0 Å². The number of hydrogen-bond donors (Lipinski definition) is 0. The van der Waals surface area contributed by atoms with Crippen LogP contribution in [0.4, 0.5) is 0 Å². The van der Waals surface area contributed by atoms with Crippen LogP contribution in [0.3, 0.4) is 0 Å². The van der Waals surface area contributed by atoms with Gasteiger partial charge in [-0.3, -0.25) is 4.40 Å². The molecule has 0 aliphatic heterocycles. The molecule has 4 nitrogen and oxygen atoms in total. The zero-order valence-electron chi connectivity index (χ0n) is 12.8. The highest BCUT2D eigenvalue weighted by atomic mass is 32.2. The van der Waals surface area contributed by atoms with Crippen LogP contribution in [0.25, 0.3) is 15.9 Å². The molecule has 0 saturated heterocycles. The molecule has 0 fully saturated rings. The fourth-order valence-electron chi connectivity index (χ4n) is 3.06. The van der Waals surface area contributed by atoms with Crippen LogP contribution >= 0.6 is 23.1 Å². The maximum Gasteiger partial charge on any atom is 0.197 e. The quantitative estimate of drug-likeness (QED) is 0.533. The minimum absolute atomic E-state index is 0.861. The van der Waals surface area contributed by atoms with E-state index in [9.17, 15) is 0 Å². The number of rotatable bonds is 3. The molecule has 0 atom stereocenters.